The third-order valence-corrected chi connectivity index (χ3v) is 5.42. The van der Waals surface area contributed by atoms with Crippen molar-refractivity contribution in [3.8, 4) is 0 Å². The molecule has 10 heteroatoms. The summed E-state index contributed by atoms with van der Waals surface area (Å²) in [5.74, 6) is 0.377. The molecule has 2 fully saturated rings. The quantitative estimate of drug-likeness (QED) is 0.376. The third-order valence-electron chi connectivity index (χ3n) is 4.90. The van der Waals surface area contributed by atoms with Crippen molar-refractivity contribution in [2.24, 2.45) is 0 Å². The molecule has 1 aliphatic heterocycles. The Hall–Kier alpha value is -3.27. The summed E-state index contributed by atoms with van der Waals surface area (Å²) in [5.41, 5.74) is 2.71. The molecule has 1 aromatic carbocycles. The highest BCUT2D eigenvalue weighted by Gasteiger charge is 2.26. The van der Waals surface area contributed by atoms with Crippen LogP contribution in [0.5, 0.6) is 0 Å². The summed E-state index contributed by atoms with van der Waals surface area (Å²) in [4.78, 5) is 32.6. The first kappa shape index (κ1) is 18.7. The standard InChI is InChI=1S/C20H18BrN7O2/c21-14-3-1-11(2-4-14)9-22-19-26-17-13(7-12-8-16(29)25-18(12)30)10-23-28(17)20(27-19)24-15-5-6-15/h1-4,7,10,15H,5-6,8-9H2,(H,25,29,30)(H2,22,24,26,27)/b12-7+. The first-order valence-electron chi connectivity index (χ1n) is 9.60. The van der Waals surface area contributed by atoms with Crippen LogP contribution in [0.3, 0.4) is 0 Å². The zero-order chi connectivity index (χ0) is 20.7. The van der Waals surface area contributed by atoms with Gasteiger partial charge in [-0.2, -0.15) is 19.6 Å². The van der Waals surface area contributed by atoms with E-state index in [1.807, 2.05) is 24.3 Å². The number of amides is 2. The Morgan fingerprint density at radius 1 is 1.20 bits per heavy atom. The van der Waals surface area contributed by atoms with Crippen LogP contribution in [0.25, 0.3) is 11.7 Å². The molecule has 2 amide bonds. The van der Waals surface area contributed by atoms with Crippen LogP contribution in [0.2, 0.25) is 0 Å². The summed E-state index contributed by atoms with van der Waals surface area (Å²) in [6.07, 6.45) is 5.53. The number of carbonyl (C=O) groups excluding carboxylic acids is 2. The largest absolute Gasteiger partial charge is 0.351 e. The molecule has 0 unspecified atom stereocenters. The fourth-order valence-electron chi connectivity index (χ4n) is 3.17. The molecule has 9 nitrogen and oxygen atoms in total. The molecule has 2 aromatic heterocycles. The average molecular weight is 468 g/mol. The van der Waals surface area contributed by atoms with E-state index in [4.69, 9.17) is 0 Å². The average Bonchev–Trinajstić information content (AvgIpc) is 3.36. The van der Waals surface area contributed by atoms with Crippen LogP contribution in [-0.2, 0) is 16.1 Å². The molecule has 3 aromatic rings. The van der Waals surface area contributed by atoms with E-state index in [-0.39, 0.29) is 18.2 Å². The Labute approximate surface area is 180 Å². The fraction of sp³-hybridized carbons (Fsp3) is 0.250. The summed E-state index contributed by atoms with van der Waals surface area (Å²) in [7, 11) is 0. The molecule has 0 radical (unpaired) electrons. The van der Waals surface area contributed by atoms with Crippen molar-refractivity contribution < 1.29 is 9.59 Å². The van der Waals surface area contributed by atoms with Crippen LogP contribution in [0.1, 0.15) is 30.4 Å². The van der Waals surface area contributed by atoms with Gasteiger partial charge in [0.1, 0.15) is 0 Å². The van der Waals surface area contributed by atoms with Gasteiger partial charge in [0.2, 0.25) is 17.8 Å². The summed E-state index contributed by atoms with van der Waals surface area (Å²) < 4.78 is 2.65. The van der Waals surface area contributed by atoms with Crippen molar-refractivity contribution in [2.45, 2.75) is 31.8 Å². The number of hydrogen-bond donors (Lipinski definition) is 3. The van der Waals surface area contributed by atoms with Gasteiger partial charge in [0.15, 0.2) is 5.65 Å². The zero-order valence-corrected chi connectivity index (χ0v) is 17.4. The minimum absolute atomic E-state index is 0.0586. The Morgan fingerprint density at radius 3 is 2.70 bits per heavy atom. The van der Waals surface area contributed by atoms with E-state index in [2.05, 4.69) is 46.9 Å². The van der Waals surface area contributed by atoms with Gasteiger partial charge < -0.3 is 10.6 Å². The predicted octanol–water partition coefficient (Wildman–Crippen LogP) is 2.50. The smallest absolute Gasteiger partial charge is 0.254 e. The lowest BCUT2D eigenvalue weighted by atomic mass is 10.1. The van der Waals surface area contributed by atoms with Crippen molar-refractivity contribution in [1.82, 2.24) is 24.9 Å². The number of nitrogens with one attached hydrogen (secondary N) is 3. The molecular formula is C20H18BrN7O2. The monoisotopic (exact) mass is 467 g/mol. The number of nitrogens with zero attached hydrogens (tertiary/aromatic N) is 4. The molecule has 152 valence electrons. The summed E-state index contributed by atoms with van der Waals surface area (Å²) in [6.45, 7) is 0.563. The van der Waals surface area contributed by atoms with Crippen LogP contribution >= 0.6 is 15.9 Å². The number of halogens is 1. The van der Waals surface area contributed by atoms with Crippen molar-refractivity contribution in [1.29, 1.82) is 0 Å². The van der Waals surface area contributed by atoms with Crippen LogP contribution in [0.15, 0.2) is 40.5 Å². The van der Waals surface area contributed by atoms with Crippen LogP contribution < -0.4 is 16.0 Å². The van der Waals surface area contributed by atoms with Gasteiger partial charge in [0, 0.05) is 28.2 Å². The first-order valence-corrected chi connectivity index (χ1v) is 10.4. The van der Waals surface area contributed by atoms with Crippen molar-refractivity contribution in [3.05, 3.63) is 51.6 Å². The maximum Gasteiger partial charge on any atom is 0.254 e. The molecule has 3 N–H and O–H groups in total. The number of carbonyl (C=O) groups is 2. The first-order chi connectivity index (χ1) is 14.5. The van der Waals surface area contributed by atoms with Gasteiger partial charge in [0.05, 0.1) is 12.6 Å². The minimum Gasteiger partial charge on any atom is -0.351 e. The molecule has 1 saturated heterocycles. The van der Waals surface area contributed by atoms with E-state index in [9.17, 15) is 9.59 Å². The van der Waals surface area contributed by atoms with E-state index >= 15 is 0 Å². The van der Waals surface area contributed by atoms with Gasteiger partial charge in [-0.05, 0) is 36.6 Å². The predicted molar refractivity (Wildman–Crippen MR) is 115 cm³/mol. The number of hydrogen-bond acceptors (Lipinski definition) is 7. The fourth-order valence-corrected chi connectivity index (χ4v) is 3.44. The molecular weight excluding hydrogens is 450 g/mol. The Morgan fingerprint density at radius 2 is 2.00 bits per heavy atom. The van der Waals surface area contributed by atoms with E-state index in [0.29, 0.717) is 41.3 Å². The highest BCUT2D eigenvalue weighted by molar-refractivity contribution is 9.10. The van der Waals surface area contributed by atoms with Crippen LogP contribution in [-0.4, -0.2) is 37.4 Å². The number of imide groups is 1. The second-order valence-electron chi connectivity index (χ2n) is 7.33. The maximum absolute atomic E-state index is 11.9. The molecule has 2 aliphatic rings. The van der Waals surface area contributed by atoms with Gasteiger partial charge >= 0.3 is 0 Å². The lowest BCUT2D eigenvalue weighted by Crippen LogP contribution is -2.19. The van der Waals surface area contributed by atoms with E-state index < -0.39 is 0 Å². The maximum atomic E-state index is 11.9. The molecule has 30 heavy (non-hydrogen) atoms. The highest BCUT2D eigenvalue weighted by Crippen LogP contribution is 2.26. The van der Waals surface area contributed by atoms with E-state index in [1.54, 1.807) is 16.8 Å². The summed E-state index contributed by atoms with van der Waals surface area (Å²) in [6, 6.07) is 8.38. The summed E-state index contributed by atoms with van der Waals surface area (Å²) in [5, 5.41) is 13.3. The molecule has 3 heterocycles. The molecule has 0 bridgehead atoms. The number of fused-ring (bicyclic) bond motifs is 1. The normalized spacial score (nSPS) is 17.6. The Kier molecular flexibility index (Phi) is 4.70. The Bertz CT molecular complexity index is 1180. The number of aromatic nitrogens is 4. The second-order valence-corrected chi connectivity index (χ2v) is 8.24. The van der Waals surface area contributed by atoms with Gasteiger partial charge in [-0.3, -0.25) is 14.9 Å². The number of benzene rings is 1. The molecule has 1 saturated carbocycles. The van der Waals surface area contributed by atoms with Crippen LogP contribution in [0, 0.1) is 0 Å². The van der Waals surface area contributed by atoms with Gasteiger partial charge in [-0.1, -0.05) is 28.1 Å². The van der Waals surface area contributed by atoms with Gasteiger partial charge in [-0.15, -0.1) is 0 Å². The molecule has 0 atom stereocenters. The Balaban J connectivity index is 1.49. The SMILES string of the molecule is O=C1C/C(=C\c2cnn3c(NC4CC4)nc(NCc4ccc(Br)cc4)nc23)C(=O)N1. The second kappa shape index (κ2) is 7.52. The molecule has 5 rings (SSSR count). The van der Waals surface area contributed by atoms with Crippen LogP contribution in [0.4, 0.5) is 11.9 Å². The van der Waals surface area contributed by atoms with E-state index in [0.717, 1.165) is 22.9 Å². The number of rotatable bonds is 6. The van der Waals surface area contributed by atoms with Gasteiger partial charge in [-0.25, -0.2) is 0 Å². The molecule has 1 aliphatic carbocycles. The highest BCUT2D eigenvalue weighted by atomic mass is 79.9. The topological polar surface area (TPSA) is 113 Å². The van der Waals surface area contributed by atoms with E-state index in [1.165, 1.54) is 0 Å². The lowest BCUT2D eigenvalue weighted by Gasteiger charge is -2.10. The summed E-state index contributed by atoms with van der Waals surface area (Å²) >= 11 is 3.44. The number of anilines is 2. The minimum atomic E-state index is -0.377. The van der Waals surface area contributed by atoms with Gasteiger partial charge in [0.25, 0.3) is 5.91 Å². The van der Waals surface area contributed by atoms with Crippen molar-refractivity contribution >= 4 is 51.4 Å². The lowest BCUT2D eigenvalue weighted by molar-refractivity contribution is -0.124. The third kappa shape index (κ3) is 3.90. The van der Waals surface area contributed by atoms with Crippen molar-refractivity contribution in [3.63, 3.8) is 0 Å². The molecule has 0 spiro atoms. The zero-order valence-electron chi connectivity index (χ0n) is 15.9. The van der Waals surface area contributed by atoms with Crippen molar-refractivity contribution in [2.75, 3.05) is 10.6 Å².